The number of carbonyl (C=O) groups is 1. The van der Waals surface area contributed by atoms with Crippen LogP contribution in [0.2, 0.25) is 5.02 Å². The van der Waals surface area contributed by atoms with Gasteiger partial charge in [-0.1, -0.05) is 54.1 Å². The number of halogens is 3. The van der Waals surface area contributed by atoms with Gasteiger partial charge in [-0.15, -0.1) is 0 Å². The summed E-state index contributed by atoms with van der Waals surface area (Å²) < 4.78 is 32.5. The fourth-order valence-electron chi connectivity index (χ4n) is 3.46. The second kappa shape index (κ2) is 10.6. The average molecular weight is 458 g/mol. The molecule has 3 aromatic carbocycles. The number of hydrogen-bond acceptors (Lipinski definition) is 2. The third-order valence-electron chi connectivity index (χ3n) is 5.23. The largest absolute Gasteiger partial charge is 0.478 e. The smallest absolute Gasteiger partial charge is 0.263 e. The lowest BCUT2D eigenvalue weighted by Crippen LogP contribution is -2.47. The Morgan fingerprint density at radius 3 is 2.25 bits per heavy atom. The lowest BCUT2D eigenvalue weighted by atomic mass is 9.92. The van der Waals surface area contributed by atoms with Gasteiger partial charge in [0.2, 0.25) is 0 Å². The fourth-order valence-corrected chi connectivity index (χ4v) is 3.59. The predicted octanol–water partition coefficient (Wildman–Crippen LogP) is 6.31. The second-order valence-corrected chi connectivity index (χ2v) is 8.64. The first-order chi connectivity index (χ1) is 15.2. The molecule has 0 saturated heterocycles. The SMILES string of the molecule is CC(C)(Oc1cc(F)cc(F)c1)C(=O)NCC(CCc1ccc(Cl)cc1)c1ccccc1. The van der Waals surface area contributed by atoms with Gasteiger partial charge in [-0.05, 0) is 49.9 Å². The summed E-state index contributed by atoms with van der Waals surface area (Å²) in [5.74, 6) is -1.84. The monoisotopic (exact) mass is 457 g/mol. The Bertz CT molecular complexity index is 1020. The zero-order valence-electron chi connectivity index (χ0n) is 18.1. The molecular weight excluding hydrogens is 432 g/mol. The van der Waals surface area contributed by atoms with Crippen molar-refractivity contribution in [2.45, 2.75) is 38.2 Å². The number of rotatable bonds is 9. The molecule has 0 aliphatic rings. The molecule has 0 spiro atoms. The Balaban J connectivity index is 1.66. The van der Waals surface area contributed by atoms with Crippen molar-refractivity contribution in [2.75, 3.05) is 6.54 Å². The molecular formula is C26H26ClF2NO2. The van der Waals surface area contributed by atoms with Gasteiger partial charge < -0.3 is 10.1 Å². The van der Waals surface area contributed by atoms with Crippen LogP contribution >= 0.6 is 11.6 Å². The predicted molar refractivity (Wildman–Crippen MR) is 123 cm³/mol. The lowest BCUT2D eigenvalue weighted by Gasteiger charge is -2.27. The number of amides is 1. The van der Waals surface area contributed by atoms with E-state index in [1.165, 1.54) is 5.56 Å². The molecule has 3 nitrogen and oxygen atoms in total. The maximum Gasteiger partial charge on any atom is 0.263 e. The van der Waals surface area contributed by atoms with Crippen LogP contribution in [0.15, 0.2) is 72.8 Å². The van der Waals surface area contributed by atoms with E-state index in [-0.39, 0.29) is 17.6 Å². The van der Waals surface area contributed by atoms with Gasteiger partial charge in [0.25, 0.3) is 5.91 Å². The topological polar surface area (TPSA) is 38.3 Å². The molecule has 0 aliphatic carbocycles. The van der Waals surface area contributed by atoms with Crippen molar-refractivity contribution in [1.29, 1.82) is 0 Å². The van der Waals surface area contributed by atoms with Crippen LogP contribution in [0, 0.1) is 11.6 Å². The molecule has 0 heterocycles. The van der Waals surface area contributed by atoms with Crippen molar-refractivity contribution < 1.29 is 18.3 Å². The molecule has 0 saturated carbocycles. The summed E-state index contributed by atoms with van der Waals surface area (Å²) >= 11 is 5.97. The minimum Gasteiger partial charge on any atom is -0.478 e. The van der Waals surface area contributed by atoms with Gasteiger partial charge in [0, 0.05) is 35.7 Å². The lowest BCUT2D eigenvalue weighted by molar-refractivity contribution is -0.134. The van der Waals surface area contributed by atoms with Crippen molar-refractivity contribution in [1.82, 2.24) is 5.32 Å². The summed E-state index contributed by atoms with van der Waals surface area (Å²) in [7, 11) is 0. The molecule has 1 unspecified atom stereocenters. The standard InChI is InChI=1S/C26H26ClF2NO2/c1-26(2,32-24-15-22(28)14-23(29)16-24)25(31)30-17-20(19-6-4-3-5-7-19)11-8-18-9-12-21(27)13-10-18/h3-7,9-10,12-16,20H,8,11,17H2,1-2H3,(H,30,31). The first-order valence-electron chi connectivity index (χ1n) is 10.5. The number of hydrogen-bond donors (Lipinski definition) is 1. The number of ether oxygens (including phenoxy) is 1. The van der Waals surface area contributed by atoms with Crippen LogP contribution in [0.25, 0.3) is 0 Å². The third kappa shape index (κ3) is 6.79. The van der Waals surface area contributed by atoms with E-state index >= 15 is 0 Å². The van der Waals surface area contributed by atoms with Crippen molar-refractivity contribution in [3.05, 3.63) is 101 Å². The van der Waals surface area contributed by atoms with E-state index in [1.807, 2.05) is 54.6 Å². The normalized spacial score (nSPS) is 12.3. The summed E-state index contributed by atoms with van der Waals surface area (Å²) in [6.45, 7) is 3.54. The molecule has 3 aromatic rings. The highest BCUT2D eigenvalue weighted by Crippen LogP contribution is 2.24. The molecule has 1 N–H and O–H groups in total. The number of nitrogens with one attached hydrogen (secondary N) is 1. The zero-order chi connectivity index (χ0) is 23.1. The first-order valence-corrected chi connectivity index (χ1v) is 10.8. The molecule has 0 radical (unpaired) electrons. The molecule has 32 heavy (non-hydrogen) atoms. The molecule has 0 aromatic heterocycles. The van der Waals surface area contributed by atoms with Gasteiger partial charge in [0.05, 0.1) is 0 Å². The minimum absolute atomic E-state index is 0.0370. The highest BCUT2D eigenvalue weighted by Gasteiger charge is 2.30. The van der Waals surface area contributed by atoms with Gasteiger partial charge in [-0.2, -0.15) is 0 Å². The van der Waals surface area contributed by atoms with Crippen molar-refractivity contribution in [3.8, 4) is 5.75 Å². The van der Waals surface area contributed by atoms with E-state index in [0.717, 1.165) is 36.6 Å². The Morgan fingerprint density at radius 2 is 1.62 bits per heavy atom. The van der Waals surface area contributed by atoms with Crippen LogP contribution in [0.4, 0.5) is 8.78 Å². The Morgan fingerprint density at radius 1 is 1.00 bits per heavy atom. The van der Waals surface area contributed by atoms with Gasteiger partial charge in [-0.3, -0.25) is 4.79 Å². The van der Waals surface area contributed by atoms with Gasteiger partial charge in [-0.25, -0.2) is 8.78 Å². The summed E-state index contributed by atoms with van der Waals surface area (Å²) in [4.78, 5) is 12.8. The number of aryl methyl sites for hydroxylation is 1. The molecule has 0 fully saturated rings. The molecule has 0 bridgehead atoms. The molecule has 0 aliphatic heterocycles. The number of carbonyl (C=O) groups excluding carboxylic acids is 1. The van der Waals surface area contributed by atoms with Gasteiger partial charge >= 0.3 is 0 Å². The van der Waals surface area contributed by atoms with E-state index in [1.54, 1.807) is 13.8 Å². The minimum atomic E-state index is -1.31. The van der Waals surface area contributed by atoms with Crippen LogP contribution < -0.4 is 10.1 Å². The van der Waals surface area contributed by atoms with Crippen molar-refractivity contribution in [2.24, 2.45) is 0 Å². The van der Waals surface area contributed by atoms with Crippen LogP contribution in [0.1, 0.15) is 37.3 Å². The fraction of sp³-hybridized carbons (Fsp3) is 0.269. The van der Waals surface area contributed by atoms with Crippen LogP contribution in [0.3, 0.4) is 0 Å². The van der Waals surface area contributed by atoms with E-state index < -0.39 is 17.2 Å². The molecule has 168 valence electrons. The van der Waals surface area contributed by atoms with Gasteiger partial charge in [0.15, 0.2) is 5.60 Å². The highest BCUT2D eigenvalue weighted by atomic mass is 35.5. The number of benzene rings is 3. The maximum absolute atomic E-state index is 13.5. The summed E-state index contributed by atoms with van der Waals surface area (Å²) in [6.07, 6.45) is 1.65. The highest BCUT2D eigenvalue weighted by molar-refractivity contribution is 6.30. The van der Waals surface area contributed by atoms with Crippen molar-refractivity contribution in [3.63, 3.8) is 0 Å². The third-order valence-corrected chi connectivity index (χ3v) is 5.48. The molecule has 3 rings (SSSR count). The van der Waals surface area contributed by atoms with E-state index in [0.29, 0.717) is 11.6 Å². The first kappa shape index (κ1) is 23.7. The summed E-state index contributed by atoms with van der Waals surface area (Å²) in [6, 6.07) is 20.6. The van der Waals surface area contributed by atoms with Crippen molar-refractivity contribution >= 4 is 17.5 Å². The van der Waals surface area contributed by atoms with Gasteiger partial charge in [0.1, 0.15) is 17.4 Å². The van der Waals surface area contributed by atoms with E-state index in [2.05, 4.69) is 5.32 Å². The van der Waals surface area contributed by atoms with Crippen LogP contribution in [-0.4, -0.2) is 18.1 Å². The van der Waals surface area contributed by atoms with Crippen LogP contribution in [-0.2, 0) is 11.2 Å². The summed E-state index contributed by atoms with van der Waals surface area (Å²) in [5.41, 5.74) is 0.976. The van der Waals surface area contributed by atoms with E-state index in [9.17, 15) is 13.6 Å². The average Bonchev–Trinajstić information content (AvgIpc) is 2.74. The zero-order valence-corrected chi connectivity index (χ0v) is 18.8. The molecule has 6 heteroatoms. The molecule has 1 atom stereocenters. The Hall–Kier alpha value is -2.92. The quantitative estimate of drug-likeness (QED) is 0.409. The van der Waals surface area contributed by atoms with Crippen LogP contribution in [0.5, 0.6) is 5.75 Å². The Kier molecular flexibility index (Phi) is 7.86. The van der Waals surface area contributed by atoms with E-state index in [4.69, 9.17) is 16.3 Å². The maximum atomic E-state index is 13.5. The second-order valence-electron chi connectivity index (χ2n) is 8.20. The Labute approximate surface area is 192 Å². The molecule has 1 amide bonds. The summed E-state index contributed by atoms with van der Waals surface area (Å²) in [5, 5.41) is 3.64.